The Hall–Kier alpha value is -2.00. The number of halogens is 2. The molecule has 0 aliphatic carbocycles. The van der Waals surface area contributed by atoms with E-state index in [0.717, 1.165) is 24.2 Å². The molecule has 0 spiro atoms. The van der Waals surface area contributed by atoms with Crippen molar-refractivity contribution in [2.45, 2.75) is 17.7 Å². The molecule has 2 aliphatic heterocycles. The molecule has 0 N–H and O–H groups in total. The molecule has 1 saturated heterocycles. The van der Waals surface area contributed by atoms with Crippen molar-refractivity contribution in [2.24, 2.45) is 0 Å². The zero-order valence-electron chi connectivity index (χ0n) is 16.4. The minimum absolute atomic E-state index is 0.00905. The Morgan fingerprint density at radius 1 is 1.03 bits per heavy atom. The summed E-state index contributed by atoms with van der Waals surface area (Å²) in [6.07, 6.45) is 1.28. The number of anilines is 1. The van der Waals surface area contributed by atoms with Crippen molar-refractivity contribution in [2.75, 3.05) is 44.2 Å². The maximum absolute atomic E-state index is 13.3. The van der Waals surface area contributed by atoms with Gasteiger partial charge in [0.2, 0.25) is 15.9 Å². The van der Waals surface area contributed by atoms with E-state index in [1.165, 1.54) is 15.9 Å². The summed E-state index contributed by atoms with van der Waals surface area (Å²) in [5, 5.41) is -0.211. The monoisotopic (exact) mass is 451 g/mol. The molecule has 6 nitrogen and oxygen atoms in total. The molecule has 1 amide bonds. The summed E-state index contributed by atoms with van der Waals surface area (Å²) < 4.78 is 40.3. The molecule has 2 heterocycles. The second-order valence-electron chi connectivity index (χ2n) is 7.50. The molecular formula is C21H23ClFN3O3S. The number of rotatable bonds is 5. The van der Waals surface area contributed by atoms with Crippen LogP contribution in [0.4, 0.5) is 10.1 Å². The molecule has 2 aromatic rings. The molecule has 9 heteroatoms. The molecule has 0 radical (unpaired) electrons. The maximum Gasteiger partial charge on any atom is 0.243 e. The van der Waals surface area contributed by atoms with Crippen molar-refractivity contribution in [3.05, 3.63) is 58.9 Å². The highest BCUT2D eigenvalue weighted by atomic mass is 35.5. The summed E-state index contributed by atoms with van der Waals surface area (Å²) in [5.74, 6) is -0.554. The van der Waals surface area contributed by atoms with E-state index in [1.54, 1.807) is 0 Å². The normalized spacial score (nSPS) is 17.9. The van der Waals surface area contributed by atoms with Gasteiger partial charge in [-0.2, -0.15) is 4.31 Å². The molecular weight excluding hydrogens is 429 g/mol. The van der Waals surface area contributed by atoms with Gasteiger partial charge in [0.25, 0.3) is 0 Å². The number of benzene rings is 2. The first-order chi connectivity index (χ1) is 14.4. The number of carbonyl (C=O) groups excluding carboxylic acids is 1. The Balaban J connectivity index is 1.31. The molecule has 2 aromatic carbocycles. The first-order valence-electron chi connectivity index (χ1n) is 9.92. The summed E-state index contributed by atoms with van der Waals surface area (Å²) in [6.45, 7) is 3.02. The fraction of sp³-hybridized carbons (Fsp3) is 0.381. The van der Waals surface area contributed by atoms with Crippen molar-refractivity contribution in [3.8, 4) is 0 Å². The summed E-state index contributed by atoms with van der Waals surface area (Å²) in [4.78, 5) is 16.6. The SMILES string of the molecule is O=C(CCN1CCN(S(=O)(=O)c2ccc(F)c(Cl)c2)CC1)N1CCc2ccccc21. The van der Waals surface area contributed by atoms with Gasteiger partial charge < -0.3 is 9.80 Å². The maximum atomic E-state index is 13.3. The number of carbonyl (C=O) groups is 1. The van der Waals surface area contributed by atoms with E-state index in [-0.39, 0.29) is 15.8 Å². The van der Waals surface area contributed by atoms with Gasteiger partial charge in [-0.3, -0.25) is 4.79 Å². The predicted octanol–water partition coefficient (Wildman–Crippen LogP) is 2.76. The summed E-state index contributed by atoms with van der Waals surface area (Å²) in [6, 6.07) is 11.4. The van der Waals surface area contributed by atoms with Crippen molar-refractivity contribution in [1.82, 2.24) is 9.21 Å². The zero-order chi connectivity index (χ0) is 21.3. The Bertz CT molecular complexity index is 1060. The van der Waals surface area contributed by atoms with Crippen LogP contribution in [-0.4, -0.2) is 62.8 Å². The van der Waals surface area contributed by atoms with Gasteiger partial charge >= 0.3 is 0 Å². The molecule has 0 saturated carbocycles. The average molecular weight is 452 g/mol. The topological polar surface area (TPSA) is 60.9 Å². The van der Waals surface area contributed by atoms with Crippen LogP contribution in [0, 0.1) is 5.82 Å². The molecule has 0 bridgehead atoms. The van der Waals surface area contributed by atoms with Gasteiger partial charge in [0.05, 0.1) is 9.92 Å². The second-order valence-corrected chi connectivity index (χ2v) is 9.84. The van der Waals surface area contributed by atoms with Gasteiger partial charge in [-0.1, -0.05) is 29.8 Å². The molecule has 4 rings (SSSR count). The largest absolute Gasteiger partial charge is 0.312 e. The van der Waals surface area contributed by atoms with Crippen LogP contribution in [-0.2, 0) is 21.2 Å². The van der Waals surface area contributed by atoms with Crippen LogP contribution in [0.25, 0.3) is 0 Å². The molecule has 2 aliphatic rings. The van der Waals surface area contributed by atoms with Crippen LogP contribution in [0.3, 0.4) is 0 Å². The van der Waals surface area contributed by atoms with Gasteiger partial charge in [-0.15, -0.1) is 0 Å². The van der Waals surface area contributed by atoms with Gasteiger partial charge in [0.15, 0.2) is 0 Å². The lowest BCUT2D eigenvalue weighted by molar-refractivity contribution is -0.118. The van der Waals surface area contributed by atoms with Crippen LogP contribution in [0.5, 0.6) is 0 Å². The van der Waals surface area contributed by atoms with E-state index in [4.69, 9.17) is 11.6 Å². The summed E-state index contributed by atoms with van der Waals surface area (Å²) in [7, 11) is -3.72. The fourth-order valence-electron chi connectivity index (χ4n) is 3.97. The third kappa shape index (κ3) is 4.23. The second kappa shape index (κ2) is 8.63. The molecule has 160 valence electrons. The van der Waals surface area contributed by atoms with E-state index in [9.17, 15) is 17.6 Å². The predicted molar refractivity (Wildman–Crippen MR) is 114 cm³/mol. The van der Waals surface area contributed by atoms with E-state index >= 15 is 0 Å². The number of sulfonamides is 1. The fourth-order valence-corrected chi connectivity index (χ4v) is 5.66. The number of piperazine rings is 1. The van der Waals surface area contributed by atoms with E-state index in [1.807, 2.05) is 23.1 Å². The molecule has 0 atom stereocenters. The summed E-state index contributed by atoms with van der Waals surface area (Å²) in [5.41, 5.74) is 2.20. The van der Waals surface area contributed by atoms with Gasteiger partial charge in [-0.25, -0.2) is 12.8 Å². The molecule has 0 unspecified atom stereocenters. The number of hydrogen-bond acceptors (Lipinski definition) is 4. The third-order valence-electron chi connectivity index (χ3n) is 5.69. The standard InChI is InChI=1S/C21H23ClFN3O3S/c22-18-15-17(5-6-19(18)23)30(28,29)25-13-11-24(12-14-25)9-8-21(27)26-10-7-16-3-1-2-4-20(16)26/h1-6,15H,7-14H2. The van der Waals surface area contributed by atoms with E-state index in [2.05, 4.69) is 11.0 Å². The smallest absolute Gasteiger partial charge is 0.243 e. The summed E-state index contributed by atoms with van der Waals surface area (Å²) >= 11 is 5.74. The lowest BCUT2D eigenvalue weighted by Crippen LogP contribution is -2.49. The Morgan fingerprint density at radius 3 is 2.50 bits per heavy atom. The van der Waals surface area contributed by atoms with Crippen LogP contribution in [0.1, 0.15) is 12.0 Å². The van der Waals surface area contributed by atoms with Crippen molar-refractivity contribution in [3.63, 3.8) is 0 Å². The van der Waals surface area contributed by atoms with E-state index in [0.29, 0.717) is 45.7 Å². The Kier molecular flexibility index (Phi) is 6.11. The van der Waals surface area contributed by atoms with Crippen LogP contribution >= 0.6 is 11.6 Å². The highest BCUT2D eigenvalue weighted by Crippen LogP contribution is 2.28. The number of hydrogen-bond donors (Lipinski definition) is 0. The van der Waals surface area contributed by atoms with Crippen LogP contribution < -0.4 is 4.90 Å². The van der Waals surface area contributed by atoms with E-state index < -0.39 is 15.8 Å². The van der Waals surface area contributed by atoms with Gasteiger partial charge in [-0.05, 0) is 36.2 Å². The van der Waals surface area contributed by atoms with Crippen molar-refractivity contribution < 1.29 is 17.6 Å². The molecule has 1 fully saturated rings. The Morgan fingerprint density at radius 2 is 1.77 bits per heavy atom. The number of para-hydroxylation sites is 1. The number of fused-ring (bicyclic) bond motifs is 1. The Labute approximate surface area is 180 Å². The average Bonchev–Trinajstić information content (AvgIpc) is 3.18. The minimum atomic E-state index is -3.72. The number of nitrogens with zero attached hydrogens (tertiary/aromatic N) is 3. The molecule has 0 aromatic heterocycles. The quantitative estimate of drug-likeness (QED) is 0.701. The minimum Gasteiger partial charge on any atom is -0.312 e. The first kappa shape index (κ1) is 21.2. The molecule has 30 heavy (non-hydrogen) atoms. The first-order valence-corrected chi connectivity index (χ1v) is 11.7. The van der Waals surface area contributed by atoms with Crippen molar-refractivity contribution >= 4 is 33.2 Å². The van der Waals surface area contributed by atoms with Gasteiger partial charge in [0, 0.05) is 51.4 Å². The lowest BCUT2D eigenvalue weighted by Gasteiger charge is -2.34. The highest BCUT2D eigenvalue weighted by Gasteiger charge is 2.30. The van der Waals surface area contributed by atoms with Crippen LogP contribution in [0.2, 0.25) is 5.02 Å². The third-order valence-corrected chi connectivity index (χ3v) is 7.87. The van der Waals surface area contributed by atoms with Crippen molar-refractivity contribution in [1.29, 1.82) is 0 Å². The lowest BCUT2D eigenvalue weighted by atomic mass is 10.2. The zero-order valence-corrected chi connectivity index (χ0v) is 18.0. The highest BCUT2D eigenvalue weighted by molar-refractivity contribution is 7.89. The van der Waals surface area contributed by atoms with Crippen LogP contribution in [0.15, 0.2) is 47.4 Å². The number of amides is 1. The van der Waals surface area contributed by atoms with Gasteiger partial charge in [0.1, 0.15) is 5.82 Å².